The van der Waals surface area contributed by atoms with Crippen LogP contribution in [0, 0.1) is 0 Å². The van der Waals surface area contributed by atoms with E-state index in [9.17, 15) is 4.79 Å². The quantitative estimate of drug-likeness (QED) is 0.720. The molecule has 1 heterocycles. The third-order valence-corrected chi connectivity index (χ3v) is 3.24. The van der Waals surface area contributed by atoms with E-state index in [0.29, 0.717) is 19.6 Å². The van der Waals surface area contributed by atoms with Gasteiger partial charge in [-0.05, 0) is 20.3 Å². The van der Waals surface area contributed by atoms with E-state index in [1.165, 1.54) is 0 Å². The Morgan fingerprint density at radius 2 is 2.28 bits per heavy atom. The molecular weight excluding hydrogens is 230 g/mol. The van der Waals surface area contributed by atoms with Crippen LogP contribution in [0.25, 0.3) is 0 Å². The summed E-state index contributed by atoms with van der Waals surface area (Å²) in [5, 5.41) is 2.90. The van der Waals surface area contributed by atoms with Crippen molar-refractivity contribution in [1.29, 1.82) is 0 Å². The molecular formula is C13H27N3O2. The number of nitrogens with zero attached hydrogens (tertiary/aromatic N) is 1. The lowest BCUT2D eigenvalue weighted by Gasteiger charge is -2.41. The number of hydrogen-bond donors (Lipinski definition) is 2. The molecule has 0 spiro atoms. The number of hydrogen-bond acceptors (Lipinski definition) is 4. The van der Waals surface area contributed by atoms with E-state index in [0.717, 1.165) is 26.1 Å². The van der Waals surface area contributed by atoms with Crippen LogP contribution in [0.3, 0.4) is 0 Å². The summed E-state index contributed by atoms with van der Waals surface area (Å²) in [5.74, 6) is 0.0941. The van der Waals surface area contributed by atoms with Crippen molar-refractivity contribution in [3.05, 3.63) is 0 Å². The number of nitrogens with one attached hydrogen (secondary N) is 1. The first-order chi connectivity index (χ1) is 8.48. The van der Waals surface area contributed by atoms with Gasteiger partial charge in [0.1, 0.15) is 0 Å². The summed E-state index contributed by atoms with van der Waals surface area (Å²) >= 11 is 0. The normalized spacial score (nSPS) is 21.6. The van der Waals surface area contributed by atoms with Gasteiger partial charge in [0.15, 0.2) is 0 Å². The minimum Gasteiger partial charge on any atom is -0.373 e. The van der Waals surface area contributed by atoms with Crippen LogP contribution in [-0.4, -0.2) is 55.2 Å². The van der Waals surface area contributed by atoms with Crippen molar-refractivity contribution in [2.24, 2.45) is 5.73 Å². The van der Waals surface area contributed by atoms with E-state index >= 15 is 0 Å². The molecule has 0 saturated carbocycles. The molecule has 0 aliphatic carbocycles. The van der Waals surface area contributed by atoms with Crippen LogP contribution in [0.15, 0.2) is 0 Å². The molecule has 0 aromatic heterocycles. The zero-order valence-corrected chi connectivity index (χ0v) is 11.9. The Kier molecular flexibility index (Phi) is 6.05. The van der Waals surface area contributed by atoms with Gasteiger partial charge in [-0.25, -0.2) is 0 Å². The molecule has 18 heavy (non-hydrogen) atoms. The monoisotopic (exact) mass is 257 g/mol. The van der Waals surface area contributed by atoms with Crippen molar-refractivity contribution in [1.82, 2.24) is 10.2 Å². The molecule has 1 atom stereocenters. The fraction of sp³-hybridized carbons (Fsp3) is 0.923. The van der Waals surface area contributed by atoms with Crippen molar-refractivity contribution >= 4 is 5.91 Å². The summed E-state index contributed by atoms with van der Waals surface area (Å²) in [6, 6.07) is 0.116. The molecule has 1 rings (SSSR count). The highest BCUT2D eigenvalue weighted by atomic mass is 16.5. The minimum atomic E-state index is -0.147. The number of rotatable bonds is 6. The van der Waals surface area contributed by atoms with E-state index in [1.54, 1.807) is 0 Å². The van der Waals surface area contributed by atoms with Gasteiger partial charge in [0.05, 0.1) is 12.2 Å². The van der Waals surface area contributed by atoms with Gasteiger partial charge < -0.3 is 15.8 Å². The summed E-state index contributed by atoms with van der Waals surface area (Å²) in [4.78, 5) is 14.0. The average molecular weight is 257 g/mol. The first kappa shape index (κ1) is 15.4. The lowest BCUT2D eigenvalue weighted by molar-refractivity contribution is -0.125. The summed E-state index contributed by atoms with van der Waals surface area (Å²) in [7, 11) is 0. The predicted octanol–water partition coefficient (Wildman–Crippen LogP) is 0.341. The van der Waals surface area contributed by atoms with Crippen LogP contribution in [-0.2, 0) is 9.53 Å². The van der Waals surface area contributed by atoms with Gasteiger partial charge in [0.25, 0.3) is 0 Å². The molecule has 1 unspecified atom stereocenters. The van der Waals surface area contributed by atoms with E-state index in [-0.39, 0.29) is 17.6 Å². The molecule has 0 aromatic rings. The highest BCUT2D eigenvalue weighted by Gasteiger charge is 2.31. The van der Waals surface area contributed by atoms with E-state index < -0.39 is 0 Å². The van der Waals surface area contributed by atoms with E-state index in [2.05, 4.69) is 24.1 Å². The molecule has 106 valence electrons. The van der Waals surface area contributed by atoms with Crippen LogP contribution in [0.2, 0.25) is 0 Å². The topological polar surface area (TPSA) is 67.6 Å². The number of nitrogens with two attached hydrogens (primary N) is 1. The van der Waals surface area contributed by atoms with Crippen LogP contribution in [0.5, 0.6) is 0 Å². The minimum absolute atomic E-state index is 0.0941. The molecule has 1 aliphatic rings. The van der Waals surface area contributed by atoms with Crippen molar-refractivity contribution in [2.75, 3.05) is 32.8 Å². The van der Waals surface area contributed by atoms with Gasteiger partial charge >= 0.3 is 0 Å². The summed E-state index contributed by atoms with van der Waals surface area (Å²) in [5.41, 5.74) is 5.66. The molecule has 1 saturated heterocycles. The molecule has 0 bridgehead atoms. The molecule has 0 aromatic carbocycles. The Balaban J connectivity index is 2.47. The van der Waals surface area contributed by atoms with Gasteiger partial charge in [-0.1, -0.05) is 6.92 Å². The van der Waals surface area contributed by atoms with Gasteiger partial charge in [-0.3, -0.25) is 9.69 Å². The van der Waals surface area contributed by atoms with Crippen LogP contribution in [0.4, 0.5) is 0 Å². The maximum Gasteiger partial charge on any atom is 0.221 e. The third-order valence-electron chi connectivity index (χ3n) is 3.24. The molecule has 1 amide bonds. The van der Waals surface area contributed by atoms with Crippen LogP contribution in [0.1, 0.15) is 33.6 Å². The lowest BCUT2D eigenvalue weighted by Crippen LogP contribution is -2.55. The maximum atomic E-state index is 11.8. The summed E-state index contributed by atoms with van der Waals surface area (Å²) in [6.07, 6.45) is 1.44. The molecule has 5 nitrogen and oxygen atoms in total. The van der Waals surface area contributed by atoms with Gasteiger partial charge in [0.2, 0.25) is 5.91 Å². The van der Waals surface area contributed by atoms with Crippen LogP contribution >= 0.6 is 0 Å². The zero-order chi connectivity index (χ0) is 13.6. The average Bonchev–Trinajstić information content (AvgIpc) is 2.32. The second kappa shape index (κ2) is 7.07. The standard InChI is InChI=1S/C13H27N3O2/c1-4-5-15-12(17)8-11(9-14)16-6-7-18-13(2,3)10-16/h11H,4-10,14H2,1-3H3,(H,15,17). The second-order valence-electron chi connectivity index (χ2n) is 5.52. The summed E-state index contributed by atoms with van der Waals surface area (Å²) < 4.78 is 5.68. The largest absolute Gasteiger partial charge is 0.373 e. The fourth-order valence-corrected chi connectivity index (χ4v) is 2.28. The second-order valence-corrected chi connectivity index (χ2v) is 5.52. The van der Waals surface area contributed by atoms with Crippen molar-refractivity contribution in [2.45, 2.75) is 45.3 Å². The lowest BCUT2D eigenvalue weighted by atomic mass is 10.0. The number of ether oxygens (including phenoxy) is 1. The number of amides is 1. The van der Waals surface area contributed by atoms with Crippen molar-refractivity contribution in [3.63, 3.8) is 0 Å². The SMILES string of the molecule is CCCNC(=O)CC(CN)N1CCOC(C)(C)C1. The van der Waals surface area contributed by atoms with Crippen molar-refractivity contribution < 1.29 is 9.53 Å². The number of carbonyl (C=O) groups excluding carboxylic acids is 1. The molecule has 1 aliphatic heterocycles. The molecule has 5 heteroatoms. The molecule has 1 fully saturated rings. The predicted molar refractivity (Wildman–Crippen MR) is 72.4 cm³/mol. The molecule has 3 N–H and O–H groups in total. The number of carbonyl (C=O) groups is 1. The Hall–Kier alpha value is -0.650. The fourth-order valence-electron chi connectivity index (χ4n) is 2.28. The van der Waals surface area contributed by atoms with E-state index in [4.69, 9.17) is 10.5 Å². The highest BCUT2D eigenvalue weighted by Crippen LogP contribution is 2.19. The summed E-state index contributed by atoms with van der Waals surface area (Å²) in [6.45, 7) is 9.84. The first-order valence-electron chi connectivity index (χ1n) is 6.83. The molecule has 0 radical (unpaired) electrons. The Morgan fingerprint density at radius 1 is 1.56 bits per heavy atom. The Labute approximate surface area is 110 Å². The zero-order valence-electron chi connectivity index (χ0n) is 11.9. The van der Waals surface area contributed by atoms with Crippen LogP contribution < -0.4 is 11.1 Å². The maximum absolute atomic E-state index is 11.8. The third kappa shape index (κ3) is 4.92. The van der Waals surface area contributed by atoms with Gasteiger partial charge in [0, 0.05) is 38.6 Å². The van der Waals surface area contributed by atoms with Crippen molar-refractivity contribution in [3.8, 4) is 0 Å². The van der Waals surface area contributed by atoms with E-state index in [1.807, 2.05) is 6.92 Å². The Morgan fingerprint density at radius 3 is 2.83 bits per heavy atom. The smallest absolute Gasteiger partial charge is 0.221 e. The first-order valence-corrected chi connectivity index (χ1v) is 6.83. The van der Waals surface area contributed by atoms with Gasteiger partial charge in [-0.2, -0.15) is 0 Å². The Bertz CT molecular complexity index is 269. The number of morpholine rings is 1. The highest BCUT2D eigenvalue weighted by molar-refractivity contribution is 5.76. The van der Waals surface area contributed by atoms with Gasteiger partial charge in [-0.15, -0.1) is 0 Å².